The Labute approximate surface area is 176 Å². The van der Waals surface area contributed by atoms with E-state index in [0.29, 0.717) is 11.5 Å². The zero-order valence-electron chi connectivity index (χ0n) is 16.4. The Morgan fingerprint density at radius 2 is 1.65 bits per heavy atom. The molecule has 0 saturated heterocycles. The molecular weight excluding hydrogens is 435 g/mol. The SMILES string of the molecule is CN(C)c1cnnc(Nc2ccc(NS(=O)(=O)c3ccccc3OC(F)(F)F)cc2)c1. The van der Waals surface area contributed by atoms with Crippen LogP contribution in [0, 0.1) is 0 Å². The van der Waals surface area contributed by atoms with E-state index in [-0.39, 0.29) is 5.69 Å². The fourth-order valence-electron chi connectivity index (χ4n) is 2.52. The van der Waals surface area contributed by atoms with Crippen LogP contribution in [0.3, 0.4) is 0 Å². The summed E-state index contributed by atoms with van der Waals surface area (Å²) in [6.07, 6.45) is -3.42. The van der Waals surface area contributed by atoms with Gasteiger partial charge in [-0.1, -0.05) is 12.1 Å². The number of hydrogen-bond donors (Lipinski definition) is 2. The molecule has 0 fully saturated rings. The maximum Gasteiger partial charge on any atom is 0.573 e. The number of benzene rings is 2. The van der Waals surface area contributed by atoms with Gasteiger partial charge >= 0.3 is 6.36 Å². The molecule has 8 nitrogen and oxygen atoms in total. The second-order valence-corrected chi connectivity index (χ2v) is 8.15. The molecule has 0 aliphatic rings. The summed E-state index contributed by atoms with van der Waals surface area (Å²) in [7, 11) is -0.605. The molecule has 1 heterocycles. The standard InChI is InChI=1S/C19H18F3N5O3S/c1-27(2)15-11-18(25-23-12-15)24-13-7-9-14(10-8-13)26-31(28,29)17-6-4-3-5-16(17)30-19(20,21)22/h3-12,26H,1-2H3,(H,24,25). The largest absolute Gasteiger partial charge is 0.573 e. The van der Waals surface area contributed by atoms with E-state index in [4.69, 9.17) is 0 Å². The molecule has 1 aromatic heterocycles. The van der Waals surface area contributed by atoms with Crippen molar-refractivity contribution in [1.82, 2.24) is 10.2 Å². The minimum atomic E-state index is -5.02. The van der Waals surface area contributed by atoms with Gasteiger partial charge in [0.1, 0.15) is 10.6 Å². The van der Waals surface area contributed by atoms with Crippen LogP contribution in [0.4, 0.5) is 36.1 Å². The van der Waals surface area contributed by atoms with Crippen molar-refractivity contribution in [3.63, 3.8) is 0 Å². The van der Waals surface area contributed by atoms with E-state index in [2.05, 4.69) is 25.0 Å². The fraction of sp³-hybridized carbons (Fsp3) is 0.158. The first kappa shape index (κ1) is 22.2. The lowest BCUT2D eigenvalue weighted by Gasteiger charge is -2.15. The number of nitrogens with zero attached hydrogens (tertiary/aromatic N) is 3. The minimum Gasteiger partial charge on any atom is -0.404 e. The fourth-order valence-corrected chi connectivity index (χ4v) is 3.71. The van der Waals surface area contributed by atoms with Gasteiger partial charge in [-0.15, -0.1) is 18.3 Å². The van der Waals surface area contributed by atoms with Gasteiger partial charge in [0.2, 0.25) is 0 Å². The molecule has 0 atom stereocenters. The van der Waals surface area contributed by atoms with Crippen LogP contribution in [0.2, 0.25) is 0 Å². The van der Waals surface area contributed by atoms with Crippen molar-refractivity contribution in [2.45, 2.75) is 11.3 Å². The molecule has 0 aliphatic heterocycles. The van der Waals surface area contributed by atoms with Gasteiger partial charge in [0.25, 0.3) is 10.0 Å². The summed E-state index contributed by atoms with van der Waals surface area (Å²) in [6.45, 7) is 0. The lowest BCUT2D eigenvalue weighted by Crippen LogP contribution is -2.20. The highest BCUT2D eigenvalue weighted by molar-refractivity contribution is 7.92. The first-order valence-electron chi connectivity index (χ1n) is 8.78. The number of alkyl halides is 3. The summed E-state index contributed by atoms with van der Waals surface area (Å²) in [5, 5.41) is 10.9. The Balaban J connectivity index is 1.76. The molecule has 0 unspecified atom stereocenters. The third-order valence-electron chi connectivity index (χ3n) is 3.93. The van der Waals surface area contributed by atoms with E-state index in [1.54, 1.807) is 24.4 Å². The Hall–Kier alpha value is -3.54. The Morgan fingerprint density at radius 1 is 1.00 bits per heavy atom. The first-order valence-corrected chi connectivity index (χ1v) is 10.3. The number of halogens is 3. The maximum absolute atomic E-state index is 12.6. The number of sulfonamides is 1. The first-order chi connectivity index (χ1) is 14.5. The predicted molar refractivity (Wildman–Crippen MR) is 110 cm³/mol. The summed E-state index contributed by atoms with van der Waals surface area (Å²) in [4.78, 5) is 1.23. The molecule has 0 aliphatic carbocycles. The van der Waals surface area contributed by atoms with Crippen LogP contribution in [0.15, 0.2) is 65.7 Å². The van der Waals surface area contributed by atoms with Gasteiger partial charge in [-0.2, -0.15) is 5.10 Å². The Bertz CT molecular complexity index is 1150. The molecule has 12 heteroatoms. The second kappa shape index (κ2) is 8.68. The third kappa shape index (κ3) is 5.98. The third-order valence-corrected chi connectivity index (χ3v) is 5.35. The molecule has 0 saturated carbocycles. The molecule has 2 N–H and O–H groups in total. The monoisotopic (exact) mass is 453 g/mol. The van der Waals surface area contributed by atoms with E-state index in [9.17, 15) is 21.6 Å². The molecule has 0 radical (unpaired) electrons. The van der Waals surface area contributed by atoms with Gasteiger partial charge in [-0.05, 0) is 36.4 Å². The van der Waals surface area contributed by atoms with Crippen molar-refractivity contribution >= 4 is 32.9 Å². The number of nitrogens with one attached hydrogen (secondary N) is 2. The van der Waals surface area contributed by atoms with Crippen LogP contribution < -0.4 is 19.7 Å². The topological polar surface area (TPSA) is 96.5 Å². The molecule has 164 valence electrons. The van der Waals surface area contributed by atoms with E-state index >= 15 is 0 Å². The summed E-state index contributed by atoms with van der Waals surface area (Å²) in [5.41, 5.74) is 1.59. The Morgan fingerprint density at radius 3 is 2.29 bits per heavy atom. The van der Waals surface area contributed by atoms with Crippen molar-refractivity contribution in [3.8, 4) is 5.75 Å². The normalized spacial score (nSPS) is 11.6. The summed E-state index contributed by atoms with van der Waals surface area (Å²) < 4.78 is 69.0. The molecule has 0 amide bonds. The lowest BCUT2D eigenvalue weighted by molar-refractivity contribution is -0.275. The van der Waals surface area contributed by atoms with E-state index < -0.39 is 27.0 Å². The van der Waals surface area contributed by atoms with Gasteiger partial charge in [-0.3, -0.25) is 4.72 Å². The van der Waals surface area contributed by atoms with E-state index in [1.165, 1.54) is 24.3 Å². The molecule has 3 aromatic rings. The average Bonchev–Trinajstić information content (AvgIpc) is 2.68. The zero-order chi connectivity index (χ0) is 22.6. The molecule has 2 aromatic carbocycles. The number of anilines is 4. The quantitative estimate of drug-likeness (QED) is 0.559. The second-order valence-electron chi connectivity index (χ2n) is 6.50. The highest BCUT2D eigenvalue weighted by Gasteiger charge is 2.34. The summed E-state index contributed by atoms with van der Waals surface area (Å²) >= 11 is 0. The van der Waals surface area contributed by atoms with Gasteiger partial charge in [0, 0.05) is 31.5 Å². The van der Waals surface area contributed by atoms with Crippen LogP contribution in [0.5, 0.6) is 5.75 Å². The molecule has 31 heavy (non-hydrogen) atoms. The molecule has 0 bridgehead atoms. The van der Waals surface area contributed by atoms with E-state index in [0.717, 1.165) is 17.8 Å². The average molecular weight is 453 g/mol. The summed E-state index contributed by atoms with van der Waals surface area (Å²) in [6, 6.07) is 12.4. The number of aromatic nitrogens is 2. The van der Waals surface area contributed by atoms with Crippen molar-refractivity contribution < 1.29 is 26.3 Å². The van der Waals surface area contributed by atoms with Gasteiger partial charge in [0.05, 0.1) is 11.9 Å². The van der Waals surface area contributed by atoms with Crippen LogP contribution in [0.25, 0.3) is 0 Å². The predicted octanol–water partition coefficient (Wildman–Crippen LogP) is 3.99. The minimum absolute atomic E-state index is 0.153. The van der Waals surface area contributed by atoms with Gasteiger partial charge in [0.15, 0.2) is 5.82 Å². The van der Waals surface area contributed by atoms with Crippen molar-refractivity contribution in [2.24, 2.45) is 0 Å². The highest BCUT2D eigenvalue weighted by Crippen LogP contribution is 2.30. The molecule has 3 rings (SSSR count). The number of rotatable bonds is 7. The number of para-hydroxylation sites is 1. The smallest absolute Gasteiger partial charge is 0.404 e. The van der Waals surface area contributed by atoms with Gasteiger partial charge in [-0.25, -0.2) is 8.42 Å². The summed E-state index contributed by atoms with van der Waals surface area (Å²) in [5.74, 6) is -0.335. The zero-order valence-corrected chi connectivity index (χ0v) is 17.2. The lowest BCUT2D eigenvalue weighted by atomic mass is 10.3. The van der Waals surface area contributed by atoms with Crippen LogP contribution in [0.1, 0.15) is 0 Å². The van der Waals surface area contributed by atoms with Crippen molar-refractivity contribution in [2.75, 3.05) is 29.0 Å². The highest BCUT2D eigenvalue weighted by atomic mass is 32.2. The Kier molecular flexibility index (Phi) is 6.20. The van der Waals surface area contributed by atoms with Crippen LogP contribution in [-0.2, 0) is 10.0 Å². The molecule has 0 spiro atoms. The maximum atomic E-state index is 12.6. The van der Waals surface area contributed by atoms with Crippen molar-refractivity contribution in [1.29, 1.82) is 0 Å². The van der Waals surface area contributed by atoms with Crippen molar-refractivity contribution in [3.05, 3.63) is 60.8 Å². The van der Waals surface area contributed by atoms with Gasteiger partial charge < -0.3 is 15.0 Å². The van der Waals surface area contributed by atoms with E-state index in [1.807, 2.05) is 19.0 Å². The van der Waals surface area contributed by atoms with Crippen LogP contribution >= 0.6 is 0 Å². The van der Waals surface area contributed by atoms with Crippen LogP contribution in [-0.4, -0.2) is 39.1 Å². The number of ether oxygens (including phenoxy) is 1. The molecular formula is C19H18F3N5O3S. The number of hydrogen-bond acceptors (Lipinski definition) is 7.